The van der Waals surface area contributed by atoms with E-state index in [1.807, 2.05) is 34.9 Å². The number of fused-ring (bicyclic) bond motifs is 1. The third-order valence-corrected chi connectivity index (χ3v) is 4.77. The largest absolute Gasteiger partial charge is 0.310 e. The molecule has 2 aromatic heterocycles. The highest BCUT2D eigenvalue weighted by molar-refractivity contribution is 7.99. The minimum atomic E-state index is -0.373. The molecule has 0 saturated heterocycles. The Morgan fingerprint density at radius 1 is 1.12 bits per heavy atom. The molecule has 0 aliphatic rings. The van der Waals surface area contributed by atoms with E-state index in [0.29, 0.717) is 23.1 Å². The summed E-state index contributed by atoms with van der Waals surface area (Å²) in [6.07, 6.45) is 1.05. The van der Waals surface area contributed by atoms with Crippen molar-refractivity contribution < 1.29 is 0 Å². The molecule has 0 radical (unpaired) electrons. The average Bonchev–Trinajstić information content (AvgIpc) is 2.92. The maximum absolute atomic E-state index is 12.2. The van der Waals surface area contributed by atoms with E-state index in [9.17, 15) is 9.59 Å². The summed E-state index contributed by atoms with van der Waals surface area (Å²) in [4.78, 5) is 28.7. The molecular weight excluding hydrogens is 324 g/mol. The first kappa shape index (κ1) is 16.6. The van der Waals surface area contributed by atoms with Crippen molar-refractivity contribution in [2.24, 2.45) is 5.92 Å². The lowest BCUT2D eigenvalue weighted by atomic mass is 10.2. The molecule has 126 valence electrons. The molecule has 0 saturated carbocycles. The van der Waals surface area contributed by atoms with Crippen LogP contribution in [0.15, 0.2) is 45.1 Å². The van der Waals surface area contributed by atoms with Crippen LogP contribution in [0.1, 0.15) is 25.8 Å². The summed E-state index contributed by atoms with van der Waals surface area (Å²) in [5.41, 5.74) is 0.879. The van der Waals surface area contributed by atoms with Crippen LogP contribution in [0.2, 0.25) is 0 Å². The van der Waals surface area contributed by atoms with Gasteiger partial charge in [0, 0.05) is 5.75 Å². The van der Waals surface area contributed by atoms with Crippen LogP contribution in [0.25, 0.3) is 11.0 Å². The summed E-state index contributed by atoms with van der Waals surface area (Å²) in [6, 6.07) is 9.85. The Morgan fingerprint density at radius 2 is 1.83 bits per heavy atom. The third kappa shape index (κ3) is 3.46. The van der Waals surface area contributed by atoms with E-state index in [-0.39, 0.29) is 16.6 Å². The van der Waals surface area contributed by atoms with Crippen LogP contribution < -0.4 is 11.1 Å². The van der Waals surface area contributed by atoms with Crippen LogP contribution >= 0.6 is 11.8 Å². The molecular formula is C17H20N4O2S. The molecule has 1 aromatic carbocycles. The lowest BCUT2D eigenvalue weighted by Gasteiger charge is -2.09. The predicted octanol–water partition coefficient (Wildman–Crippen LogP) is 2.60. The zero-order valence-corrected chi connectivity index (χ0v) is 14.5. The molecule has 6 nitrogen and oxygen atoms in total. The zero-order chi connectivity index (χ0) is 17.1. The van der Waals surface area contributed by atoms with E-state index in [2.05, 4.69) is 29.0 Å². The summed E-state index contributed by atoms with van der Waals surface area (Å²) in [5.74, 6) is 1.49. The van der Waals surface area contributed by atoms with Gasteiger partial charge in [-0.15, -0.1) is 0 Å². The van der Waals surface area contributed by atoms with Crippen LogP contribution in [-0.4, -0.2) is 25.5 Å². The number of imidazole rings is 1. The second kappa shape index (κ2) is 7.09. The van der Waals surface area contributed by atoms with E-state index >= 15 is 0 Å². The summed E-state index contributed by atoms with van der Waals surface area (Å²) >= 11 is 1.58. The molecule has 24 heavy (non-hydrogen) atoms. The summed E-state index contributed by atoms with van der Waals surface area (Å²) in [6.45, 7) is 4.85. The maximum Gasteiger partial charge on any atom is 0.290 e. The van der Waals surface area contributed by atoms with Gasteiger partial charge in [0.15, 0.2) is 10.7 Å². The summed E-state index contributed by atoms with van der Waals surface area (Å²) in [5, 5.41) is 5.44. The van der Waals surface area contributed by atoms with Crippen LogP contribution in [0.4, 0.5) is 0 Å². The van der Waals surface area contributed by atoms with Gasteiger partial charge >= 0.3 is 0 Å². The average molecular weight is 344 g/mol. The van der Waals surface area contributed by atoms with Gasteiger partial charge in [-0.1, -0.05) is 55.9 Å². The minimum absolute atomic E-state index is 0.196. The number of rotatable bonds is 6. The standard InChI is InChI=1S/C17H20N4O2S/c1-11(2)8-9-24-17-18-13-14(16(23)20-19-15(13)22)21(17)10-12-6-4-3-5-7-12/h3-7,11H,8-10H2,1-2H3,(H,19,22)(H,20,23). The number of thioether (sulfide) groups is 1. The molecule has 7 heteroatoms. The number of aromatic nitrogens is 4. The Labute approximate surface area is 143 Å². The van der Waals surface area contributed by atoms with Crippen molar-refractivity contribution in [3.05, 3.63) is 56.6 Å². The van der Waals surface area contributed by atoms with E-state index < -0.39 is 0 Å². The monoisotopic (exact) mass is 344 g/mol. The van der Waals surface area contributed by atoms with E-state index in [1.54, 1.807) is 11.8 Å². The zero-order valence-electron chi connectivity index (χ0n) is 13.7. The van der Waals surface area contributed by atoms with Crippen molar-refractivity contribution in [2.45, 2.75) is 32.0 Å². The molecule has 0 atom stereocenters. The van der Waals surface area contributed by atoms with Crippen LogP contribution in [0, 0.1) is 5.92 Å². The van der Waals surface area contributed by atoms with Crippen molar-refractivity contribution in [3.63, 3.8) is 0 Å². The van der Waals surface area contributed by atoms with Gasteiger partial charge in [0.1, 0.15) is 5.52 Å². The number of hydrogen-bond acceptors (Lipinski definition) is 4. The quantitative estimate of drug-likeness (QED) is 0.673. The summed E-state index contributed by atoms with van der Waals surface area (Å²) in [7, 11) is 0. The minimum Gasteiger partial charge on any atom is -0.310 e. The lowest BCUT2D eigenvalue weighted by Crippen LogP contribution is -2.20. The van der Waals surface area contributed by atoms with Crippen molar-refractivity contribution >= 4 is 22.8 Å². The Kier molecular flexibility index (Phi) is 4.89. The number of nitrogens with one attached hydrogen (secondary N) is 2. The van der Waals surface area contributed by atoms with Crippen molar-refractivity contribution in [3.8, 4) is 0 Å². The van der Waals surface area contributed by atoms with E-state index in [4.69, 9.17) is 0 Å². The van der Waals surface area contributed by atoms with Crippen LogP contribution in [-0.2, 0) is 6.54 Å². The van der Waals surface area contributed by atoms with Crippen molar-refractivity contribution in [1.82, 2.24) is 19.7 Å². The Balaban J connectivity index is 2.06. The first-order valence-corrected chi connectivity index (χ1v) is 8.92. The molecule has 2 N–H and O–H groups in total. The molecule has 0 unspecified atom stereocenters. The van der Waals surface area contributed by atoms with Gasteiger partial charge in [0.2, 0.25) is 0 Å². The first-order chi connectivity index (χ1) is 11.6. The fraction of sp³-hybridized carbons (Fsp3) is 0.353. The van der Waals surface area contributed by atoms with Gasteiger partial charge < -0.3 is 4.57 Å². The lowest BCUT2D eigenvalue weighted by molar-refractivity contribution is 0.630. The normalized spacial score (nSPS) is 11.5. The number of nitrogens with zero attached hydrogens (tertiary/aromatic N) is 2. The number of hydrogen-bond donors (Lipinski definition) is 2. The third-order valence-electron chi connectivity index (χ3n) is 3.76. The van der Waals surface area contributed by atoms with E-state index in [1.165, 1.54) is 0 Å². The predicted molar refractivity (Wildman–Crippen MR) is 96.7 cm³/mol. The van der Waals surface area contributed by atoms with Gasteiger partial charge in [0.25, 0.3) is 11.1 Å². The van der Waals surface area contributed by atoms with Gasteiger partial charge in [-0.25, -0.2) is 4.98 Å². The van der Waals surface area contributed by atoms with E-state index in [0.717, 1.165) is 17.7 Å². The highest BCUT2D eigenvalue weighted by atomic mass is 32.2. The second-order valence-corrected chi connectivity index (χ2v) is 7.16. The maximum atomic E-state index is 12.2. The fourth-order valence-corrected chi connectivity index (χ4v) is 3.70. The number of aromatic amines is 2. The molecule has 0 aliphatic carbocycles. The molecule has 2 heterocycles. The molecule has 0 aliphatic heterocycles. The van der Waals surface area contributed by atoms with Crippen LogP contribution in [0.5, 0.6) is 0 Å². The highest BCUT2D eigenvalue weighted by Crippen LogP contribution is 2.23. The fourth-order valence-electron chi connectivity index (χ4n) is 2.46. The number of benzene rings is 1. The van der Waals surface area contributed by atoms with Crippen LogP contribution in [0.3, 0.4) is 0 Å². The van der Waals surface area contributed by atoms with Crippen molar-refractivity contribution in [2.75, 3.05) is 5.75 Å². The Hall–Kier alpha value is -2.28. The molecule has 0 spiro atoms. The van der Waals surface area contributed by atoms with Gasteiger partial charge in [-0.05, 0) is 17.9 Å². The summed E-state index contributed by atoms with van der Waals surface area (Å²) < 4.78 is 1.84. The topological polar surface area (TPSA) is 83.5 Å². The smallest absolute Gasteiger partial charge is 0.290 e. The highest BCUT2D eigenvalue weighted by Gasteiger charge is 2.17. The Bertz CT molecular complexity index is 941. The molecule has 3 aromatic rings. The Morgan fingerprint density at radius 3 is 2.54 bits per heavy atom. The number of H-pyrrole nitrogens is 2. The molecule has 0 amide bonds. The molecule has 3 rings (SSSR count). The second-order valence-electron chi connectivity index (χ2n) is 6.10. The van der Waals surface area contributed by atoms with Gasteiger partial charge in [0.05, 0.1) is 6.54 Å². The molecule has 0 fully saturated rings. The van der Waals surface area contributed by atoms with Gasteiger partial charge in [-0.2, -0.15) is 0 Å². The van der Waals surface area contributed by atoms with Gasteiger partial charge in [-0.3, -0.25) is 19.8 Å². The molecule has 0 bridgehead atoms. The SMILES string of the molecule is CC(C)CCSc1nc2c(=O)[nH][nH]c(=O)c2n1Cc1ccccc1. The first-order valence-electron chi connectivity index (χ1n) is 7.94. The van der Waals surface area contributed by atoms with Crippen molar-refractivity contribution in [1.29, 1.82) is 0 Å².